The maximum Gasteiger partial charge on any atom is 0.249 e. The second kappa shape index (κ2) is 2.81. The Morgan fingerprint density at radius 1 is 1.73 bits per heavy atom. The van der Waals surface area contributed by atoms with Gasteiger partial charge in [0.15, 0.2) is 0 Å². The summed E-state index contributed by atoms with van der Waals surface area (Å²) in [4.78, 5) is 10.8. The number of aliphatic hydroxyl groups is 1. The van der Waals surface area contributed by atoms with Gasteiger partial charge in [0.25, 0.3) is 0 Å². The first-order valence-corrected chi connectivity index (χ1v) is 4.07. The van der Waals surface area contributed by atoms with Crippen LogP contribution in [0.5, 0.6) is 0 Å². The molecule has 1 fully saturated rings. The van der Waals surface area contributed by atoms with Crippen LogP contribution in [0.3, 0.4) is 0 Å². The van der Waals surface area contributed by atoms with Crippen LogP contribution in [0.25, 0.3) is 0 Å². The molecule has 0 heterocycles. The van der Waals surface area contributed by atoms with Crippen LogP contribution in [0.2, 0.25) is 0 Å². The largest absolute Gasteiger partial charge is 0.380 e. The van der Waals surface area contributed by atoms with E-state index in [2.05, 4.69) is 0 Å². The minimum atomic E-state index is -1.21. The molecule has 0 aliphatic heterocycles. The normalized spacial score (nSPS) is 38.5. The van der Waals surface area contributed by atoms with Gasteiger partial charge in [0, 0.05) is 0 Å². The summed E-state index contributed by atoms with van der Waals surface area (Å²) in [6, 6.07) is 0. The lowest BCUT2D eigenvalue weighted by atomic mass is 9.78. The fourth-order valence-electron chi connectivity index (χ4n) is 1.75. The van der Waals surface area contributed by atoms with Crippen molar-refractivity contribution >= 4 is 5.91 Å². The van der Waals surface area contributed by atoms with Crippen molar-refractivity contribution in [3.8, 4) is 0 Å². The fourth-order valence-corrected chi connectivity index (χ4v) is 1.75. The molecule has 1 amide bonds. The summed E-state index contributed by atoms with van der Waals surface area (Å²) in [6.45, 7) is 2.03. The summed E-state index contributed by atoms with van der Waals surface area (Å²) in [7, 11) is 0. The van der Waals surface area contributed by atoms with Gasteiger partial charge >= 0.3 is 0 Å². The molecule has 1 aliphatic carbocycles. The van der Waals surface area contributed by atoms with Crippen LogP contribution in [0.15, 0.2) is 0 Å². The van der Waals surface area contributed by atoms with Gasteiger partial charge in [-0.3, -0.25) is 4.79 Å². The number of hydrogen-bond acceptors (Lipinski definition) is 2. The highest BCUT2D eigenvalue weighted by Gasteiger charge is 2.37. The summed E-state index contributed by atoms with van der Waals surface area (Å²) in [5, 5.41) is 9.64. The summed E-state index contributed by atoms with van der Waals surface area (Å²) >= 11 is 0. The van der Waals surface area contributed by atoms with E-state index in [1.807, 2.05) is 6.92 Å². The van der Waals surface area contributed by atoms with Crippen molar-refractivity contribution < 1.29 is 9.90 Å². The summed E-state index contributed by atoms with van der Waals surface area (Å²) in [6.07, 6.45) is 3.06. The second-order valence-electron chi connectivity index (χ2n) is 3.60. The number of rotatable bonds is 1. The van der Waals surface area contributed by atoms with Gasteiger partial charge in [0.2, 0.25) is 5.91 Å². The van der Waals surface area contributed by atoms with Crippen LogP contribution in [-0.2, 0) is 4.79 Å². The number of carbonyl (C=O) groups excluding carboxylic acids is 1. The van der Waals surface area contributed by atoms with Crippen LogP contribution in [0.1, 0.15) is 32.6 Å². The van der Waals surface area contributed by atoms with E-state index >= 15 is 0 Å². The summed E-state index contributed by atoms with van der Waals surface area (Å²) < 4.78 is 0. The van der Waals surface area contributed by atoms with Crippen molar-refractivity contribution in [2.45, 2.75) is 38.2 Å². The maximum absolute atomic E-state index is 10.8. The van der Waals surface area contributed by atoms with Crippen molar-refractivity contribution in [3.05, 3.63) is 0 Å². The first-order chi connectivity index (χ1) is 5.04. The lowest BCUT2D eigenvalue weighted by Gasteiger charge is -2.32. The van der Waals surface area contributed by atoms with Gasteiger partial charge in [-0.2, -0.15) is 0 Å². The molecule has 1 rings (SSSR count). The van der Waals surface area contributed by atoms with Gasteiger partial charge in [-0.25, -0.2) is 0 Å². The van der Waals surface area contributed by atoms with Crippen LogP contribution in [0.4, 0.5) is 0 Å². The Hall–Kier alpha value is -0.570. The molecule has 0 unspecified atom stereocenters. The van der Waals surface area contributed by atoms with E-state index in [-0.39, 0.29) is 0 Å². The molecular formula is C8H15NO2. The van der Waals surface area contributed by atoms with Gasteiger partial charge in [-0.15, -0.1) is 0 Å². The monoisotopic (exact) mass is 157 g/mol. The first kappa shape index (κ1) is 8.53. The fraction of sp³-hybridized carbons (Fsp3) is 0.875. The third-order valence-corrected chi connectivity index (χ3v) is 2.43. The number of primary amides is 1. The zero-order valence-electron chi connectivity index (χ0n) is 6.84. The molecule has 3 nitrogen and oxygen atoms in total. The highest BCUT2D eigenvalue weighted by atomic mass is 16.3. The Morgan fingerprint density at radius 3 is 2.73 bits per heavy atom. The lowest BCUT2D eigenvalue weighted by Crippen LogP contribution is -2.46. The van der Waals surface area contributed by atoms with Crippen molar-refractivity contribution in [1.82, 2.24) is 0 Å². The predicted octanol–water partition coefficient (Wildman–Crippen LogP) is 0.413. The molecule has 0 aromatic carbocycles. The molecule has 0 bridgehead atoms. The van der Waals surface area contributed by atoms with E-state index in [9.17, 15) is 9.90 Å². The highest BCUT2D eigenvalue weighted by Crippen LogP contribution is 2.31. The van der Waals surface area contributed by atoms with Crippen molar-refractivity contribution in [3.63, 3.8) is 0 Å². The number of carbonyl (C=O) groups is 1. The van der Waals surface area contributed by atoms with Gasteiger partial charge in [-0.1, -0.05) is 13.3 Å². The first-order valence-electron chi connectivity index (χ1n) is 4.07. The zero-order valence-corrected chi connectivity index (χ0v) is 6.84. The molecule has 11 heavy (non-hydrogen) atoms. The minimum absolute atomic E-state index is 0.418. The molecular weight excluding hydrogens is 142 g/mol. The van der Waals surface area contributed by atoms with E-state index in [4.69, 9.17) is 5.73 Å². The quantitative estimate of drug-likeness (QED) is 0.579. The molecule has 3 N–H and O–H groups in total. The Morgan fingerprint density at radius 2 is 2.36 bits per heavy atom. The zero-order chi connectivity index (χ0) is 8.48. The lowest BCUT2D eigenvalue weighted by molar-refractivity contribution is -0.141. The SMILES string of the molecule is C[C@@H]1CCC[C@](O)(C(N)=O)C1. The Labute approximate surface area is 66.6 Å². The number of amides is 1. The standard InChI is InChI=1S/C8H15NO2/c1-6-3-2-4-8(11,5-6)7(9)10/h6,11H,2-5H2,1H3,(H2,9,10)/t6-,8-/m1/s1. The summed E-state index contributed by atoms with van der Waals surface area (Å²) in [5.74, 6) is -0.148. The van der Waals surface area contributed by atoms with Crippen molar-refractivity contribution in [2.24, 2.45) is 11.7 Å². The van der Waals surface area contributed by atoms with Crippen molar-refractivity contribution in [2.75, 3.05) is 0 Å². The predicted molar refractivity (Wildman–Crippen MR) is 41.8 cm³/mol. The molecule has 0 spiro atoms. The molecule has 2 atom stereocenters. The van der Waals surface area contributed by atoms with E-state index in [0.717, 1.165) is 12.8 Å². The third kappa shape index (κ3) is 1.71. The highest BCUT2D eigenvalue weighted by molar-refractivity contribution is 5.83. The van der Waals surface area contributed by atoms with Gasteiger partial charge < -0.3 is 10.8 Å². The van der Waals surface area contributed by atoms with E-state index < -0.39 is 11.5 Å². The molecule has 1 aliphatic rings. The minimum Gasteiger partial charge on any atom is -0.380 e. The molecule has 1 saturated carbocycles. The van der Waals surface area contributed by atoms with E-state index in [0.29, 0.717) is 18.8 Å². The van der Waals surface area contributed by atoms with Crippen LogP contribution in [-0.4, -0.2) is 16.6 Å². The Kier molecular flexibility index (Phi) is 2.18. The molecule has 0 aromatic heterocycles. The number of hydrogen-bond donors (Lipinski definition) is 2. The average molecular weight is 157 g/mol. The smallest absolute Gasteiger partial charge is 0.249 e. The second-order valence-corrected chi connectivity index (χ2v) is 3.60. The molecule has 64 valence electrons. The molecule has 0 radical (unpaired) electrons. The summed E-state index contributed by atoms with van der Waals surface area (Å²) in [5.41, 5.74) is 3.86. The van der Waals surface area contributed by atoms with Crippen LogP contribution in [0, 0.1) is 5.92 Å². The third-order valence-electron chi connectivity index (χ3n) is 2.43. The van der Waals surface area contributed by atoms with Gasteiger partial charge in [-0.05, 0) is 25.2 Å². The molecule has 0 saturated heterocycles. The molecule has 0 aromatic rings. The van der Waals surface area contributed by atoms with Crippen LogP contribution >= 0.6 is 0 Å². The van der Waals surface area contributed by atoms with E-state index in [1.165, 1.54) is 0 Å². The Bertz CT molecular complexity index is 169. The van der Waals surface area contributed by atoms with E-state index in [1.54, 1.807) is 0 Å². The average Bonchev–Trinajstić information content (AvgIpc) is 1.86. The molecule has 3 heteroatoms. The van der Waals surface area contributed by atoms with Crippen LogP contribution < -0.4 is 5.73 Å². The topological polar surface area (TPSA) is 63.3 Å². The Balaban J connectivity index is 2.63. The maximum atomic E-state index is 10.8. The van der Waals surface area contributed by atoms with Gasteiger partial charge in [0.1, 0.15) is 5.60 Å². The van der Waals surface area contributed by atoms with Crippen molar-refractivity contribution in [1.29, 1.82) is 0 Å². The number of nitrogens with two attached hydrogens (primary N) is 1. The van der Waals surface area contributed by atoms with Gasteiger partial charge in [0.05, 0.1) is 0 Å².